The molecule has 39 heavy (non-hydrogen) atoms. The molecule has 0 aromatic heterocycles. The van der Waals surface area contributed by atoms with Gasteiger partial charge in [-0.25, -0.2) is 9.18 Å². The molecule has 8 heteroatoms. The van der Waals surface area contributed by atoms with Gasteiger partial charge in [0.15, 0.2) is 12.1 Å². The Hall–Kier alpha value is -4.98. The number of aryl methyl sites for hydroxylation is 1. The number of nitrogens with one attached hydrogen (secondary N) is 2. The molecule has 4 aromatic carbocycles. The van der Waals surface area contributed by atoms with Crippen molar-refractivity contribution in [3.63, 3.8) is 0 Å². The Labute approximate surface area is 225 Å². The summed E-state index contributed by atoms with van der Waals surface area (Å²) in [5, 5.41) is 5.55. The smallest absolute Gasteiger partial charge is 0.411 e. The molecule has 0 aliphatic carbocycles. The molecule has 0 bridgehead atoms. The molecular weight excluding hydrogens is 497 g/mol. The highest BCUT2D eigenvalue weighted by molar-refractivity contribution is 6.04. The number of nitrogens with zero attached hydrogens (tertiary/aromatic N) is 1. The first-order valence-corrected chi connectivity index (χ1v) is 12.4. The van der Waals surface area contributed by atoms with Crippen LogP contribution >= 0.6 is 0 Å². The second-order valence-electron chi connectivity index (χ2n) is 9.27. The first kappa shape index (κ1) is 25.7. The van der Waals surface area contributed by atoms with E-state index >= 15 is 0 Å². The Balaban J connectivity index is 1.39. The fourth-order valence-corrected chi connectivity index (χ4v) is 4.44. The summed E-state index contributed by atoms with van der Waals surface area (Å²) in [6.07, 6.45) is -1.49. The van der Waals surface area contributed by atoms with Gasteiger partial charge in [0.05, 0.1) is 12.1 Å². The Bertz CT molecular complexity index is 1490. The number of benzene rings is 4. The SMILES string of the molecule is Cc1ccc(CN2C(=O)O[C@H](c3ccc(NC(=O)c4ccccc4F)cc3)[C@H]2C(=O)Nc2ccccc2)cc1. The number of carbonyl (C=O) groups excluding carboxylic acids is 3. The zero-order chi connectivity index (χ0) is 27.4. The van der Waals surface area contributed by atoms with Crippen LogP contribution in [0, 0.1) is 12.7 Å². The molecule has 0 radical (unpaired) electrons. The summed E-state index contributed by atoms with van der Waals surface area (Å²) in [6, 6.07) is 28.1. The van der Waals surface area contributed by atoms with Crippen LogP contribution in [0.4, 0.5) is 20.6 Å². The van der Waals surface area contributed by atoms with Crippen molar-refractivity contribution >= 4 is 29.3 Å². The summed E-state index contributed by atoms with van der Waals surface area (Å²) in [6.45, 7) is 2.17. The fourth-order valence-electron chi connectivity index (χ4n) is 4.44. The van der Waals surface area contributed by atoms with Crippen molar-refractivity contribution in [2.45, 2.75) is 25.6 Å². The summed E-state index contributed by atoms with van der Waals surface area (Å²) in [4.78, 5) is 40.5. The van der Waals surface area contributed by atoms with Crippen LogP contribution in [0.1, 0.15) is 33.2 Å². The minimum absolute atomic E-state index is 0.0734. The normalized spacial score (nSPS) is 16.5. The Morgan fingerprint density at radius 3 is 2.15 bits per heavy atom. The topological polar surface area (TPSA) is 87.7 Å². The van der Waals surface area contributed by atoms with E-state index in [0.29, 0.717) is 16.9 Å². The lowest BCUT2D eigenvalue weighted by Gasteiger charge is -2.24. The number of carbonyl (C=O) groups is 3. The predicted octanol–water partition coefficient (Wildman–Crippen LogP) is 6.09. The standard InChI is InChI=1S/C31H26FN3O4/c1-20-11-13-21(14-12-20)19-35-27(30(37)34-23-7-3-2-4-8-23)28(39-31(35)38)22-15-17-24(18-16-22)33-29(36)25-9-5-6-10-26(25)32/h2-18,27-28H,19H2,1H3,(H,33,36)(H,34,37)/t27-,28+/m0/s1. The number of hydrogen-bond acceptors (Lipinski definition) is 4. The van der Waals surface area contributed by atoms with Crippen LogP contribution in [0.5, 0.6) is 0 Å². The van der Waals surface area contributed by atoms with E-state index in [-0.39, 0.29) is 18.0 Å². The second-order valence-corrected chi connectivity index (χ2v) is 9.27. The van der Waals surface area contributed by atoms with E-state index in [1.54, 1.807) is 42.5 Å². The molecule has 1 aliphatic heterocycles. The fraction of sp³-hybridized carbons (Fsp3) is 0.129. The number of hydrogen-bond donors (Lipinski definition) is 2. The number of anilines is 2. The molecular formula is C31H26FN3O4. The van der Waals surface area contributed by atoms with Crippen molar-refractivity contribution in [1.82, 2.24) is 4.90 Å². The van der Waals surface area contributed by atoms with Gasteiger partial charge in [0.1, 0.15) is 5.82 Å². The number of para-hydroxylation sites is 1. The van der Waals surface area contributed by atoms with Gasteiger partial charge in [-0.15, -0.1) is 0 Å². The average molecular weight is 524 g/mol. The van der Waals surface area contributed by atoms with Gasteiger partial charge in [-0.3, -0.25) is 14.5 Å². The molecule has 1 aliphatic rings. The van der Waals surface area contributed by atoms with Gasteiger partial charge >= 0.3 is 6.09 Å². The molecule has 2 atom stereocenters. The maximum Gasteiger partial charge on any atom is 0.411 e. The molecule has 1 heterocycles. The molecule has 1 fully saturated rings. The van der Waals surface area contributed by atoms with Crippen molar-refractivity contribution in [2.24, 2.45) is 0 Å². The van der Waals surface area contributed by atoms with Crippen molar-refractivity contribution in [3.05, 3.63) is 131 Å². The maximum atomic E-state index is 14.0. The molecule has 7 nitrogen and oxygen atoms in total. The van der Waals surface area contributed by atoms with E-state index < -0.39 is 30.0 Å². The van der Waals surface area contributed by atoms with Crippen LogP contribution in [0.15, 0.2) is 103 Å². The molecule has 1 saturated heterocycles. The third-order valence-electron chi connectivity index (χ3n) is 6.48. The number of amides is 3. The van der Waals surface area contributed by atoms with Gasteiger partial charge in [0.2, 0.25) is 0 Å². The lowest BCUT2D eigenvalue weighted by Crippen LogP contribution is -2.43. The van der Waals surface area contributed by atoms with Crippen molar-refractivity contribution in [1.29, 1.82) is 0 Å². The summed E-state index contributed by atoms with van der Waals surface area (Å²) < 4.78 is 19.7. The van der Waals surface area contributed by atoms with Crippen LogP contribution in [-0.2, 0) is 16.1 Å². The molecule has 4 aromatic rings. The molecule has 3 amide bonds. The second kappa shape index (κ2) is 11.2. The van der Waals surface area contributed by atoms with E-state index in [1.807, 2.05) is 49.4 Å². The van der Waals surface area contributed by atoms with E-state index in [9.17, 15) is 18.8 Å². The van der Waals surface area contributed by atoms with Gasteiger partial charge in [0.25, 0.3) is 11.8 Å². The van der Waals surface area contributed by atoms with E-state index in [1.165, 1.54) is 23.1 Å². The first-order chi connectivity index (χ1) is 18.9. The molecule has 0 spiro atoms. The minimum Gasteiger partial charge on any atom is -0.438 e. The van der Waals surface area contributed by atoms with Gasteiger partial charge in [0, 0.05) is 11.4 Å². The predicted molar refractivity (Wildman–Crippen MR) is 146 cm³/mol. The zero-order valence-corrected chi connectivity index (χ0v) is 21.1. The molecule has 5 rings (SSSR count). The van der Waals surface area contributed by atoms with Crippen LogP contribution in [0.2, 0.25) is 0 Å². The monoisotopic (exact) mass is 523 g/mol. The Morgan fingerprint density at radius 1 is 0.821 bits per heavy atom. The third-order valence-corrected chi connectivity index (χ3v) is 6.48. The highest BCUT2D eigenvalue weighted by atomic mass is 19.1. The summed E-state index contributed by atoms with van der Waals surface area (Å²) in [5.41, 5.74) is 3.48. The first-order valence-electron chi connectivity index (χ1n) is 12.4. The van der Waals surface area contributed by atoms with E-state index in [4.69, 9.17) is 4.74 Å². The quantitative estimate of drug-likeness (QED) is 0.307. The largest absolute Gasteiger partial charge is 0.438 e. The Morgan fingerprint density at radius 2 is 1.46 bits per heavy atom. The zero-order valence-electron chi connectivity index (χ0n) is 21.1. The lowest BCUT2D eigenvalue weighted by atomic mass is 10.00. The van der Waals surface area contributed by atoms with Gasteiger partial charge in [-0.05, 0) is 54.4 Å². The summed E-state index contributed by atoms with van der Waals surface area (Å²) in [5.74, 6) is -1.59. The number of ether oxygens (including phenoxy) is 1. The average Bonchev–Trinajstić information content (AvgIpc) is 3.26. The molecule has 196 valence electrons. The summed E-state index contributed by atoms with van der Waals surface area (Å²) in [7, 11) is 0. The molecule has 0 unspecified atom stereocenters. The number of halogens is 1. The minimum atomic E-state index is -0.946. The van der Waals surface area contributed by atoms with Crippen LogP contribution in [0.25, 0.3) is 0 Å². The summed E-state index contributed by atoms with van der Waals surface area (Å²) >= 11 is 0. The van der Waals surface area contributed by atoms with Gasteiger partial charge < -0.3 is 15.4 Å². The van der Waals surface area contributed by atoms with Crippen molar-refractivity contribution in [2.75, 3.05) is 10.6 Å². The van der Waals surface area contributed by atoms with Crippen molar-refractivity contribution < 1.29 is 23.5 Å². The number of rotatable bonds is 7. The molecule has 2 N–H and O–H groups in total. The van der Waals surface area contributed by atoms with E-state index in [0.717, 1.165) is 11.1 Å². The van der Waals surface area contributed by atoms with Crippen molar-refractivity contribution in [3.8, 4) is 0 Å². The van der Waals surface area contributed by atoms with Gasteiger partial charge in [-0.1, -0.05) is 72.3 Å². The van der Waals surface area contributed by atoms with E-state index in [2.05, 4.69) is 10.6 Å². The highest BCUT2D eigenvalue weighted by Gasteiger charge is 2.47. The maximum absolute atomic E-state index is 14.0. The Kier molecular flexibility index (Phi) is 7.36. The van der Waals surface area contributed by atoms with Crippen LogP contribution in [-0.4, -0.2) is 28.8 Å². The highest BCUT2D eigenvalue weighted by Crippen LogP contribution is 2.35. The van der Waals surface area contributed by atoms with Crippen LogP contribution in [0.3, 0.4) is 0 Å². The lowest BCUT2D eigenvalue weighted by molar-refractivity contribution is -0.121. The number of cyclic esters (lactones) is 1. The molecule has 0 saturated carbocycles. The van der Waals surface area contributed by atoms with Crippen LogP contribution < -0.4 is 10.6 Å². The third kappa shape index (κ3) is 5.80. The van der Waals surface area contributed by atoms with Gasteiger partial charge in [-0.2, -0.15) is 0 Å².